The summed E-state index contributed by atoms with van der Waals surface area (Å²) >= 11 is 3.43. The molecule has 3 nitrogen and oxygen atoms in total. The van der Waals surface area contributed by atoms with Gasteiger partial charge in [0, 0.05) is 10.0 Å². The van der Waals surface area contributed by atoms with E-state index < -0.39 is 0 Å². The van der Waals surface area contributed by atoms with E-state index >= 15 is 0 Å². The van der Waals surface area contributed by atoms with Crippen LogP contribution in [0, 0.1) is 0 Å². The van der Waals surface area contributed by atoms with Gasteiger partial charge in [0.05, 0.1) is 0 Å². The Morgan fingerprint density at radius 1 is 1.12 bits per heavy atom. The van der Waals surface area contributed by atoms with Crippen molar-refractivity contribution >= 4 is 21.8 Å². The molecule has 4 heteroatoms. The van der Waals surface area contributed by atoms with Gasteiger partial charge in [0.1, 0.15) is 0 Å². The molecule has 1 spiro atoms. The van der Waals surface area contributed by atoms with E-state index in [-0.39, 0.29) is 5.72 Å². The van der Waals surface area contributed by atoms with Crippen LogP contribution in [0.2, 0.25) is 0 Å². The van der Waals surface area contributed by atoms with E-state index in [4.69, 9.17) is 9.83 Å². The molecule has 0 unspecified atom stereocenters. The van der Waals surface area contributed by atoms with Crippen LogP contribution in [0.25, 0.3) is 0 Å². The zero-order valence-electron chi connectivity index (χ0n) is 9.58. The van der Waals surface area contributed by atoms with Crippen LogP contribution in [0.4, 0.5) is 0 Å². The largest absolute Gasteiger partial charge is 0.246 e. The Kier molecular flexibility index (Phi) is 2.92. The number of hydroxylamine groups is 1. The minimum absolute atomic E-state index is 0.291. The molecular weight excluding hydrogens is 280 g/mol. The first-order valence-corrected chi connectivity index (χ1v) is 6.87. The van der Waals surface area contributed by atoms with Crippen LogP contribution in [-0.2, 0) is 4.84 Å². The molecule has 1 N–H and O–H groups in total. The Labute approximate surface area is 109 Å². The molecule has 1 aromatic carbocycles. The van der Waals surface area contributed by atoms with Crippen LogP contribution in [0.3, 0.4) is 0 Å². The molecule has 1 saturated carbocycles. The third kappa shape index (κ3) is 2.24. The summed E-state index contributed by atoms with van der Waals surface area (Å²) in [6.07, 6.45) is 5.77. The summed E-state index contributed by atoms with van der Waals surface area (Å²) in [6, 6.07) is 8.12. The molecule has 0 amide bonds. The minimum Gasteiger partial charge on any atom is -0.246 e. The fourth-order valence-corrected chi connectivity index (χ4v) is 2.71. The summed E-state index contributed by atoms with van der Waals surface area (Å²) in [4.78, 5) is 10.5. The average Bonchev–Trinajstić information content (AvgIpc) is 2.75. The quantitative estimate of drug-likeness (QED) is 0.861. The number of nitrogens with zero attached hydrogens (tertiary/aromatic N) is 1. The number of benzene rings is 1. The lowest BCUT2D eigenvalue weighted by atomic mass is 9.92. The first-order valence-electron chi connectivity index (χ1n) is 6.07. The molecule has 1 aliphatic carbocycles. The second-order valence-corrected chi connectivity index (χ2v) is 5.59. The van der Waals surface area contributed by atoms with E-state index in [1.165, 1.54) is 19.3 Å². The lowest BCUT2D eigenvalue weighted by molar-refractivity contribution is -0.0763. The summed E-state index contributed by atoms with van der Waals surface area (Å²) in [7, 11) is 0. The van der Waals surface area contributed by atoms with Crippen molar-refractivity contribution < 1.29 is 4.84 Å². The summed E-state index contributed by atoms with van der Waals surface area (Å²) in [6.45, 7) is 0. The second kappa shape index (κ2) is 4.42. The average molecular weight is 295 g/mol. The third-order valence-electron chi connectivity index (χ3n) is 3.41. The molecule has 1 aromatic rings. The molecule has 3 rings (SSSR count). The van der Waals surface area contributed by atoms with Gasteiger partial charge in [0.2, 0.25) is 0 Å². The third-order valence-corrected chi connectivity index (χ3v) is 3.93. The van der Waals surface area contributed by atoms with Gasteiger partial charge in [0.15, 0.2) is 11.6 Å². The molecule has 0 saturated heterocycles. The molecule has 1 fully saturated rings. The van der Waals surface area contributed by atoms with Crippen molar-refractivity contribution in [2.24, 2.45) is 4.99 Å². The molecule has 17 heavy (non-hydrogen) atoms. The van der Waals surface area contributed by atoms with E-state index in [0.717, 1.165) is 28.7 Å². The van der Waals surface area contributed by atoms with Crippen molar-refractivity contribution in [3.8, 4) is 0 Å². The van der Waals surface area contributed by atoms with Crippen molar-refractivity contribution in [1.82, 2.24) is 5.48 Å². The van der Waals surface area contributed by atoms with Gasteiger partial charge in [-0.25, -0.2) is 15.3 Å². The monoisotopic (exact) mass is 294 g/mol. The number of rotatable bonds is 1. The number of aliphatic imine (C=N–C) groups is 1. The maximum atomic E-state index is 5.71. The van der Waals surface area contributed by atoms with Gasteiger partial charge in [-0.15, -0.1) is 0 Å². The van der Waals surface area contributed by atoms with E-state index in [1.807, 2.05) is 24.3 Å². The molecule has 0 aromatic heterocycles. The van der Waals surface area contributed by atoms with E-state index in [0.29, 0.717) is 0 Å². The second-order valence-electron chi connectivity index (χ2n) is 4.68. The molecule has 1 heterocycles. The fraction of sp³-hybridized carbons (Fsp3) is 0.462. The van der Waals surface area contributed by atoms with Gasteiger partial charge >= 0.3 is 0 Å². The highest BCUT2D eigenvalue weighted by molar-refractivity contribution is 9.10. The zero-order valence-corrected chi connectivity index (χ0v) is 11.2. The molecule has 2 aliphatic rings. The van der Waals surface area contributed by atoms with Crippen LogP contribution in [0.15, 0.2) is 33.7 Å². The molecule has 0 bridgehead atoms. The van der Waals surface area contributed by atoms with E-state index in [2.05, 4.69) is 21.4 Å². The predicted molar refractivity (Wildman–Crippen MR) is 70.7 cm³/mol. The normalized spacial score (nSPS) is 22.3. The molecule has 90 valence electrons. The predicted octanol–water partition coefficient (Wildman–Crippen LogP) is 3.39. The Bertz CT molecular complexity index is 435. The van der Waals surface area contributed by atoms with E-state index in [1.54, 1.807) is 0 Å². The summed E-state index contributed by atoms with van der Waals surface area (Å²) in [5, 5.41) is 0. The molecular formula is C13H15BrN2O. The summed E-state index contributed by atoms with van der Waals surface area (Å²) in [5.74, 6) is 0.861. The zero-order chi connectivity index (χ0) is 11.7. The maximum absolute atomic E-state index is 5.71. The first kappa shape index (κ1) is 11.2. The number of nitrogens with one attached hydrogen (secondary N) is 1. The van der Waals surface area contributed by atoms with Gasteiger partial charge < -0.3 is 0 Å². The van der Waals surface area contributed by atoms with Gasteiger partial charge in [-0.05, 0) is 37.8 Å². The molecule has 1 aliphatic heterocycles. The standard InChI is InChI=1S/C13H15BrN2O/c14-11-6-4-10(5-7-11)12-15-13(17-16-12)8-2-1-3-9-13/h4-7H,1-3,8-9H2,(H,15,16). The van der Waals surface area contributed by atoms with Crippen LogP contribution in [0.5, 0.6) is 0 Å². The highest BCUT2D eigenvalue weighted by Crippen LogP contribution is 2.35. The lowest BCUT2D eigenvalue weighted by Gasteiger charge is -2.27. The molecule has 0 atom stereocenters. The number of hydrogen-bond acceptors (Lipinski definition) is 3. The van der Waals surface area contributed by atoms with Crippen molar-refractivity contribution in [2.75, 3.05) is 0 Å². The Morgan fingerprint density at radius 2 is 1.82 bits per heavy atom. The fourth-order valence-electron chi connectivity index (χ4n) is 2.44. The van der Waals surface area contributed by atoms with Crippen molar-refractivity contribution in [3.05, 3.63) is 34.3 Å². The minimum atomic E-state index is -0.291. The Morgan fingerprint density at radius 3 is 2.53 bits per heavy atom. The summed E-state index contributed by atoms with van der Waals surface area (Å²) < 4.78 is 1.08. The Hall–Kier alpha value is -0.870. The van der Waals surface area contributed by atoms with E-state index in [9.17, 15) is 0 Å². The van der Waals surface area contributed by atoms with Crippen molar-refractivity contribution in [2.45, 2.75) is 37.8 Å². The van der Waals surface area contributed by atoms with Gasteiger partial charge in [-0.3, -0.25) is 0 Å². The smallest absolute Gasteiger partial charge is 0.187 e. The van der Waals surface area contributed by atoms with Crippen molar-refractivity contribution in [1.29, 1.82) is 0 Å². The SMILES string of the molecule is Brc1ccc(C2=NC3(CCCCC3)ON2)cc1. The van der Waals surface area contributed by atoms with Crippen molar-refractivity contribution in [3.63, 3.8) is 0 Å². The van der Waals surface area contributed by atoms with Gasteiger partial charge in [-0.2, -0.15) is 0 Å². The number of hydrogen-bond donors (Lipinski definition) is 1. The van der Waals surface area contributed by atoms with Crippen LogP contribution >= 0.6 is 15.9 Å². The van der Waals surface area contributed by atoms with Gasteiger partial charge in [0.25, 0.3) is 0 Å². The highest BCUT2D eigenvalue weighted by Gasteiger charge is 2.38. The highest BCUT2D eigenvalue weighted by atomic mass is 79.9. The lowest BCUT2D eigenvalue weighted by Crippen LogP contribution is -2.32. The van der Waals surface area contributed by atoms with Crippen LogP contribution < -0.4 is 5.48 Å². The van der Waals surface area contributed by atoms with Gasteiger partial charge in [-0.1, -0.05) is 34.5 Å². The summed E-state index contributed by atoms with van der Waals surface area (Å²) in [5.41, 5.74) is 3.78. The molecule has 0 radical (unpaired) electrons. The number of amidine groups is 1. The number of halogens is 1. The first-order chi connectivity index (χ1) is 8.27. The topological polar surface area (TPSA) is 33.6 Å². The van der Waals surface area contributed by atoms with Crippen LogP contribution in [-0.4, -0.2) is 11.6 Å². The van der Waals surface area contributed by atoms with Crippen LogP contribution in [0.1, 0.15) is 37.7 Å². The maximum Gasteiger partial charge on any atom is 0.187 e. The Balaban J connectivity index is 1.85.